The van der Waals surface area contributed by atoms with Gasteiger partial charge in [0.05, 0.1) is 5.69 Å². The molecule has 106 valence electrons. The van der Waals surface area contributed by atoms with E-state index in [0.717, 1.165) is 18.9 Å². The summed E-state index contributed by atoms with van der Waals surface area (Å²) in [6, 6.07) is 12.0. The van der Waals surface area contributed by atoms with Gasteiger partial charge in [-0.1, -0.05) is 30.3 Å². The molecule has 0 radical (unpaired) electrons. The first kappa shape index (κ1) is 14.4. The lowest BCUT2D eigenvalue weighted by Gasteiger charge is -2.16. The third kappa shape index (κ3) is 3.53. The minimum atomic E-state index is -1.44. The summed E-state index contributed by atoms with van der Waals surface area (Å²) >= 11 is 0. The number of nitrogens with one attached hydrogen (secondary N) is 1. The maximum Gasteiger partial charge on any atom is 0.196 e. The Bertz CT molecular complexity index is 569. The van der Waals surface area contributed by atoms with Crippen LogP contribution in [-0.4, -0.2) is 6.04 Å². The molecule has 1 atom stereocenters. The largest absolute Gasteiger partial charge is 0.380 e. The van der Waals surface area contributed by atoms with Crippen molar-refractivity contribution < 1.29 is 13.2 Å². The van der Waals surface area contributed by atoms with Crippen LogP contribution in [-0.2, 0) is 6.42 Å². The van der Waals surface area contributed by atoms with E-state index in [1.165, 1.54) is 11.6 Å². The minimum Gasteiger partial charge on any atom is -0.380 e. The normalized spacial score (nSPS) is 12.2. The molecule has 0 aliphatic rings. The lowest BCUT2D eigenvalue weighted by molar-refractivity contribution is 0.448. The molecule has 0 heterocycles. The Morgan fingerprint density at radius 2 is 1.65 bits per heavy atom. The SMILES string of the molecule is CC(CCc1ccccc1)Nc1ccc(F)c(F)c1F. The van der Waals surface area contributed by atoms with Gasteiger partial charge in [0.1, 0.15) is 0 Å². The number of aryl methyl sites for hydroxylation is 1. The second kappa shape index (κ2) is 6.46. The number of anilines is 1. The van der Waals surface area contributed by atoms with Gasteiger partial charge in [-0.15, -0.1) is 0 Å². The van der Waals surface area contributed by atoms with E-state index in [0.29, 0.717) is 0 Å². The van der Waals surface area contributed by atoms with Gasteiger partial charge in [-0.05, 0) is 37.5 Å². The maximum atomic E-state index is 13.5. The van der Waals surface area contributed by atoms with Crippen molar-refractivity contribution in [2.24, 2.45) is 0 Å². The standard InChI is InChI=1S/C16H16F3N/c1-11(7-8-12-5-3-2-4-6-12)20-14-10-9-13(17)15(18)16(14)19/h2-6,9-11,20H,7-8H2,1H3. The van der Waals surface area contributed by atoms with Gasteiger partial charge < -0.3 is 5.32 Å². The Morgan fingerprint density at radius 3 is 2.35 bits per heavy atom. The molecule has 2 aromatic carbocycles. The molecule has 0 saturated heterocycles. The highest BCUT2D eigenvalue weighted by molar-refractivity contribution is 5.46. The van der Waals surface area contributed by atoms with E-state index in [2.05, 4.69) is 5.32 Å². The Morgan fingerprint density at radius 1 is 0.950 bits per heavy atom. The summed E-state index contributed by atoms with van der Waals surface area (Å²) in [7, 11) is 0. The summed E-state index contributed by atoms with van der Waals surface area (Å²) in [6.07, 6.45) is 1.60. The second-order valence-electron chi connectivity index (χ2n) is 4.79. The maximum absolute atomic E-state index is 13.5. The van der Waals surface area contributed by atoms with Crippen molar-refractivity contribution >= 4 is 5.69 Å². The number of rotatable bonds is 5. The topological polar surface area (TPSA) is 12.0 Å². The molecule has 1 nitrogen and oxygen atoms in total. The molecule has 2 rings (SSSR count). The van der Waals surface area contributed by atoms with Gasteiger partial charge in [0.15, 0.2) is 17.5 Å². The van der Waals surface area contributed by atoms with E-state index in [1.807, 2.05) is 37.3 Å². The molecule has 0 saturated carbocycles. The first-order chi connectivity index (χ1) is 9.58. The second-order valence-corrected chi connectivity index (χ2v) is 4.79. The zero-order valence-electron chi connectivity index (χ0n) is 11.2. The zero-order chi connectivity index (χ0) is 14.5. The lowest BCUT2D eigenvalue weighted by Crippen LogP contribution is -2.17. The monoisotopic (exact) mass is 279 g/mol. The van der Waals surface area contributed by atoms with Crippen molar-refractivity contribution in [1.29, 1.82) is 0 Å². The molecule has 0 bridgehead atoms. The average Bonchev–Trinajstić information content (AvgIpc) is 2.47. The van der Waals surface area contributed by atoms with Crippen LogP contribution >= 0.6 is 0 Å². The highest BCUT2D eigenvalue weighted by Gasteiger charge is 2.14. The summed E-state index contributed by atoms with van der Waals surface area (Å²) in [5.74, 6) is -3.79. The van der Waals surface area contributed by atoms with Crippen molar-refractivity contribution in [3.63, 3.8) is 0 Å². The quantitative estimate of drug-likeness (QED) is 0.792. The molecule has 0 fully saturated rings. The Balaban J connectivity index is 1.95. The Hall–Kier alpha value is -1.97. The predicted molar refractivity (Wildman–Crippen MR) is 74.2 cm³/mol. The summed E-state index contributed by atoms with van der Waals surface area (Å²) in [6.45, 7) is 1.88. The predicted octanol–water partition coefficient (Wildman–Crippen LogP) is 4.54. The summed E-state index contributed by atoms with van der Waals surface area (Å²) < 4.78 is 39.4. The van der Waals surface area contributed by atoms with Crippen LogP contribution in [0.25, 0.3) is 0 Å². The van der Waals surface area contributed by atoms with E-state index in [-0.39, 0.29) is 11.7 Å². The molecular formula is C16H16F3N. The van der Waals surface area contributed by atoms with Crippen molar-refractivity contribution in [2.45, 2.75) is 25.8 Å². The molecule has 0 aromatic heterocycles. The number of hydrogen-bond acceptors (Lipinski definition) is 1. The van der Waals surface area contributed by atoms with Gasteiger partial charge in [-0.25, -0.2) is 13.2 Å². The van der Waals surface area contributed by atoms with Crippen LogP contribution in [0.15, 0.2) is 42.5 Å². The first-order valence-corrected chi connectivity index (χ1v) is 6.52. The molecule has 1 N–H and O–H groups in total. The molecule has 1 unspecified atom stereocenters. The molecular weight excluding hydrogens is 263 g/mol. The molecule has 0 aliphatic heterocycles. The zero-order valence-corrected chi connectivity index (χ0v) is 11.2. The van der Waals surface area contributed by atoms with Gasteiger partial charge in [0.2, 0.25) is 0 Å². The third-order valence-electron chi connectivity index (χ3n) is 3.15. The van der Waals surface area contributed by atoms with Gasteiger partial charge >= 0.3 is 0 Å². The van der Waals surface area contributed by atoms with Crippen molar-refractivity contribution in [3.05, 3.63) is 65.5 Å². The van der Waals surface area contributed by atoms with Crippen LogP contribution in [0, 0.1) is 17.5 Å². The molecule has 20 heavy (non-hydrogen) atoms. The van der Waals surface area contributed by atoms with Crippen LogP contribution in [0.2, 0.25) is 0 Å². The van der Waals surface area contributed by atoms with E-state index in [9.17, 15) is 13.2 Å². The average molecular weight is 279 g/mol. The Labute approximate surface area is 116 Å². The van der Waals surface area contributed by atoms with Crippen LogP contribution in [0.3, 0.4) is 0 Å². The van der Waals surface area contributed by atoms with E-state index < -0.39 is 17.5 Å². The van der Waals surface area contributed by atoms with Gasteiger partial charge in [0, 0.05) is 6.04 Å². The number of hydrogen-bond donors (Lipinski definition) is 1. The molecule has 0 amide bonds. The van der Waals surface area contributed by atoms with Gasteiger partial charge in [-0.2, -0.15) is 0 Å². The Kier molecular flexibility index (Phi) is 4.66. The number of halogens is 3. The molecule has 2 aromatic rings. The van der Waals surface area contributed by atoms with E-state index in [1.54, 1.807) is 0 Å². The highest BCUT2D eigenvalue weighted by atomic mass is 19.2. The minimum absolute atomic E-state index is 0.00976. The van der Waals surface area contributed by atoms with E-state index in [4.69, 9.17) is 0 Å². The number of benzene rings is 2. The van der Waals surface area contributed by atoms with Crippen molar-refractivity contribution in [2.75, 3.05) is 5.32 Å². The van der Waals surface area contributed by atoms with Crippen molar-refractivity contribution in [3.8, 4) is 0 Å². The van der Waals surface area contributed by atoms with Crippen LogP contribution in [0.1, 0.15) is 18.9 Å². The fourth-order valence-electron chi connectivity index (χ4n) is 2.00. The molecule has 0 spiro atoms. The van der Waals surface area contributed by atoms with Crippen molar-refractivity contribution in [1.82, 2.24) is 0 Å². The van der Waals surface area contributed by atoms with Gasteiger partial charge in [0.25, 0.3) is 0 Å². The van der Waals surface area contributed by atoms with Crippen LogP contribution in [0.5, 0.6) is 0 Å². The van der Waals surface area contributed by atoms with E-state index >= 15 is 0 Å². The molecule has 0 aliphatic carbocycles. The fourth-order valence-corrected chi connectivity index (χ4v) is 2.00. The highest BCUT2D eigenvalue weighted by Crippen LogP contribution is 2.21. The fraction of sp³-hybridized carbons (Fsp3) is 0.250. The van der Waals surface area contributed by atoms with Crippen LogP contribution < -0.4 is 5.32 Å². The van der Waals surface area contributed by atoms with Crippen LogP contribution in [0.4, 0.5) is 18.9 Å². The molecule has 4 heteroatoms. The summed E-state index contributed by atoms with van der Waals surface area (Å²) in [5.41, 5.74) is 1.18. The smallest absolute Gasteiger partial charge is 0.196 e. The lowest BCUT2D eigenvalue weighted by atomic mass is 10.1. The summed E-state index contributed by atoms with van der Waals surface area (Å²) in [5, 5.41) is 2.87. The first-order valence-electron chi connectivity index (χ1n) is 6.52. The van der Waals surface area contributed by atoms with Gasteiger partial charge in [-0.3, -0.25) is 0 Å². The third-order valence-corrected chi connectivity index (χ3v) is 3.15. The summed E-state index contributed by atoms with van der Waals surface area (Å²) in [4.78, 5) is 0.